The van der Waals surface area contributed by atoms with Gasteiger partial charge in [0.2, 0.25) is 0 Å². The zero-order valence-corrected chi connectivity index (χ0v) is 21.9. The molecule has 0 radical (unpaired) electrons. The first-order valence-electron chi connectivity index (χ1n) is 13.4. The number of H-pyrrole nitrogens is 1. The second-order valence-electron chi connectivity index (χ2n) is 10.5. The van der Waals surface area contributed by atoms with Crippen molar-refractivity contribution in [2.75, 3.05) is 51.6 Å². The topological polar surface area (TPSA) is 93.3 Å². The summed E-state index contributed by atoms with van der Waals surface area (Å²) in [6.45, 7) is 8.29. The summed E-state index contributed by atoms with van der Waals surface area (Å²) in [5.74, 6) is -0.261. The van der Waals surface area contributed by atoms with Crippen LogP contribution in [0.15, 0.2) is 55.0 Å². The maximum absolute atomic E-state index is 13.2. The Kier molecular flexibility index (Phi) is 7.13. The van der Waals surface area contributed by atoms with Gasteiger partial charge < -0.3 is 10.2 Å². The smallest absolute Gasteiger partial charge is 0.276 e. The van der Waals surface area contributed by atoms with Crippen molar-refractivity contribution in [1.29, 1.82) is 0 Å². The minimum absolute atomic E-state index is 0.261. The second-order valence-corrected chi connectivity index (χ2v) is 10.5. The summed E-state index contributed by atoms with van der Waals surface area (Å²) >= 11 is 0. The van der Waals surface area contributed by atoms with Crippen LogP contribution in [0.2, 0.25) is 0 Å². The van der Waals surface area contributed by atoms with Crippen molar-refractivity contribution in [3.8, 4) is 11.1 Å². The summed E-state index contributed by atoms with van der Waals surface area (Å²) in [6, 6.07) is 12.1. The summed E-state index contributed by atoms with van der Waals surface area (Å²) in [4.78, 5) is 29.5. The predicted octanol–water partition coefficient (Wildman–Crippen LogP) is 3.62. The molecule has 1 amide bonds. The van der Waals surface area contributed by atoms with E-state index in [4.69, 9.17) is 0 Å². The van der Waals surface area contributed by atoms with Gasteiger partial charge in [-0.1, -0.05) is 6.07 Å². The van der Waals surface area contributed by atoms with Gasteiger partial charge in [0, 0.05) is 62.6 Å². The Hall–Kier alpha value is -3.66. The normalized spacial score (nSPS) is 17.3. The molecule has 3 aromatic heterocycles. The van der Waals surface area contributed by atoms with Gasteiger partial charge in [-0.15, -0.1) is 0 Å². The summed E-state index contributed by atoms with van der Waals surface area (Å²) < 4.78 is 0. The number of likely N-dealkylation sites (N-methyl/N-ethyl adjacent to an activating group) is 1. The molecule has 0 aliphatic carbocycles. The quantitative estimate of drug-likeness (QED) is 0.392. The molecule has 2 N–H and O–H groups in total. The molecule has 2 aliphatic rings. The average Bonchev–Trinajstić information content (AvgIpc) is 3.61. The van der Waals surface area contributed by atoms with Crippen LogP contribution in [0.25, 0.3) is 22.0 Å². The van der Waals surface area contributed by atoms with E-state index in [-0.39, 0.29) is 5.91 Å². The molecule has 5 heterocycles. The number of nitrogens with zero attached hydrogens (tertiary/aromatic N) is 6. The highest BCUT2D eigenvalue weighted by molar-refractivity contribution is 6.11. The van der Waals surface area contributed by atoms with E-state index < -0.39 is 0 Å². The molecule has 2 aliphatic heterocycles. The first kappa shape index (κ1) is 24.7. The Balaban J connectivity index is 1.15. The summed E-state index contributed by atoms with van der Waals surface area (Å²) in [7, 11) is 2.15. The lowest BCUT2D eigenvalue weighted by molar-refractivity contribution is 0.102. The third kappa shape index (κ3) is 5.60. The number of carbonyl (C=O) groups excluding carboxylic acids is 1. The van der Waals surface area contributed by atoms with Crippen molar-refractivity contribution in [3.05, 3.63) is 71.9 Å². The molecule has 2 saturated heterocycles. The van der Waals surface area contributed by atoms with Gasteiger partial charge in [0.1, 0.15) is 0 Å². The summed E-state index contributed by atoms with van der Waals surface area (Å²) in [5.41, 5.74) is 6.10. The van der Waals surface area contributed by atoms with Crippen molar-refractivity contribution in [2.45, 2.75) is 25.9 Å². The first-order chi connectivity index (χ1) is 18.6. The number of anilines is 1. The number of fused-ring (bicyclic) bond motifs is 1. The van der Waals surface area contributed by atoms with Crippen molar-refractivity contribution < 1.29 is 4.79 Å². The van der Waals surface area contributed by atoms with Gasteiger partial charge in [-0.3, -0.25) is 29.7 Å². The minimum atomic E-state index is -0.261. The molecule has 9 heteroatoms. The van der Waals surface area contributed by atoms with Crippen molar-refractivity contribution in [3.63, 3.8) is 0 Å². The van der Waals surface area contributed by atoms with Crippen molar-refractivity contribution >= 4 is 22.5 Å². The second kappa shape index (κ2) is 11.0. The van der Waals surface area contributed by atoms with E-state index in [1.807, 2.05) is 42.7 Å². The molecule has 0 atom stereocenters. The predicted molar refractivity (Wildman–Crippen MR) is 149 cm³/mol. The van der Waals surface area contributed by atoms with Crippen molar-refractivity contribution in [1.82, 2.24) is 34.9 Å². The Morgan fingerprint density at radius 1 is 0.895 bits per heavy atom. The van der Waals surface area contributed by atoms with Crippen molar-refractivity contribution in [2.24, 2.45) is 0 Å². The van der Waals surface area contributed by atoms with Crippen LogP contribution in [0.5, 0.6) is 0 Å². The van der Waals surface area contributed by atoms with Gasteiger partial charge >= 0.3 is 0 Å². The van der Waals surface area contributed by atoms with Gasteiger partial charge in [-0.05, 0) is 74.4 Å². The Bertz CT molecular complexity index is 1400. The number of rotatable bonds is 7. The number of amides is 1. The SMILES string of the molecule is CN1CCN(Cc2ccc(NC(=O)c3n[nH]c4ccc(-c5cncc(CN6CCCC6)c5)cc34)cn2)CC1. The largest absolute Gasteiger partial charge is 0.319 e. The lowest BCUT2D eigenvalue weighted by Gasteiger charge is -2.32. The highest BCUT2D eigenvalue weighted by atomic mass is 16.1. The highest BCUT2D eigenvalue weighted by Crippen LogP contribution is 2.27. The molecule has 2 fully saturated rings. The molecule has 1 aromatic carbocycles. The molecular formula is C29H34N8O. The molecule has 0 spiro atoms. The maximum Gasteiger partial charge on any atom is 0.276 e. The fraction of sp³-hybridized carbons (Fsp3) is 0.379. The summed E-state index contributed by atoms with van der Waals surface area (Å²) in [6.07, 6.45) is 8.09. The molecule has 38 heavy (non-hydrogen) atoms. The zero-order valence-electron chi connectivity index (χ0n) is 21.9. The van der Waals surface area contributed by atoms with E-state index in [0.29, 0.717) is 11.4 Å². The lowest BCUT2D eigenvalue weighted by atomic mass is 10.0. The molecule has 9 nitrogen and oxygen atoms in total. The Morgan fingerprint density at radius 3 is 2.50 bits per heavy atom. The number of aromatic amines is 1. The molecule has 0 bridgehead atoms. The van der Waals surface area contributed by atoms with Crippen LogP contribution in [0, 0.1) is 0 Å². The monoisotopic (exact) mass is 510 g/mol. The summed E-state index contributed by atoms with van der Waals surface area (Å²) in [5, 5.41) is 11.1. The number of hydrogen-bond donors (Lipinski definition) is 2. The number of likely N-dealkylation sites (tertiary alicyclic amines) is 1. The fourth-order valence-corrected chi connectivity index (χ4v) is 5.31. The van der Waals surface area contributed by atoms with Crippen LogP contribution in [0.1, 0.15) is 34.6 Å². The zero-order chi connectivity index (χ0) is 25.9. The number of hydrogen-bond acceptors (Lipinski definition) is 7. The average molecular weight is 511 g/mol. The third-order valence-corrected chi connectivity index (χ3v) is 7.58. The van der Waals surface area contributed by atoms with E-state index >= 15 is 0 Å². The van der Waals surface area contributed by atoms with Crippen LogP contribution in [0.3, 0.4) is 0 Å². The first-order valence-corrected chi connectivity index (χ1v) is 13.4. The molecule has 0 saturated carbocycles. The highest BCUT2D eigenvalue weighted by Gasteiger charge is 2.18. The molecule has 0 unspecified atom stereocenters. The number of pyridine rings is 2. The van der Waals surface area contributed by atoms with Gasteiger partial charge in [-0.25, -0.2) is 0 Å². The number of piperazine rings is 1. The van der Waals surface area contributed by atoms with Crippen LogP contribution < -0.4 is 5.32 Å². The molecular weight excluding hydrogens is 476 g/mol. The number of carbonyl (C=O) groups is 1. The van der Waals surface area contributed by atoms with E-state index in [1.165, 1.54) is 18.4 Å². The number of nitrogens with one attached hydrogen (secondary N) is 2. The number of benzene rings is 1. The third-order valence-electron chi connectivity index (χ3n) is 7.58. The lowest BCUT2D eigenvalue weighted by Crippen LogP contribution is -2.43. The Morgan fingerprint density at radius 2 is 1.71 bits per heavy atom. The standard InChI is InChI=1S/C29H34N8O/c1-35-10-12-37(13-11-35)20-25-6-5-24(18-31-25)32-29(38)28-26-15-22(4-7-27(26)33-34-28)23-14-21(16-30-17-23)19-36-8-2-3-9-36/h4-7,14-18H,2-3,8-13,19-20H2,1H3,(H,32,38)(H,33,34). The van der Waals surface area contributed by atoms with Gasteiger partial charge in [0.15, 0.2) is 5.69 Å². The minimum Gasteiger partial charge on any atom is -0.319 e. The maximum atomic E-state index is 13.2. The number of aromatic nitrogens is 4. The van der Waals surface area contributed by atoms with Gasteiger partial charge in [0.05, 0.1) is 23.1 Å². The van der Waals surface area contributed by atoms with E-state index in [9.17, 15) is 4.79 Å². The van der Waals surface area contributed by atoms with Crippen LogP contribution in [0.4, 0.5) is 5.69 Å². The van der Waals surface area contributed by atoms with Gasteiger partial charge in [-0.2, -0.15) is 5.10 Å². The molecule has 4 aromatic rings. The molecule has 6 rings (SSSR count). The van der Waals surface area contributed by atoms with E-state index in [1.54, 1.807) is 6.20 Å². The Labute approximate surface area is 222 Å². The fourth-order valence-electron chi connectivity index (χ4n) is 5.31. The van der Waals surface area contributed by atoms with Gasteiger partial charge in [0.25, 0.3) is 5.91 Å². The van der Waals surface area contributed by atoms with Crippen LogP contribution in [-0.2, 0) is 13.1 Å². The van der Waals surface area contributed by atoms with E-state index in [0.717, 1.165) is 80.1 Å². The molecule has 196 valence electrons. The van der Waals surface area contributed by atoms with E-state index in [2.05, 4.69) is 53.3 Å². The van der Waals surface area contributed by atoms with Crippen LogP contribution in [-0.4, -0.2) is 87.1 Å². The van der Waals surface area contributed by atoms with Crippen LogP contribution >= 0.6 is 0 Å².